The molecule has 1 amide bonds. The molecule has 0 aliphatic heterocycles. The van der Waals surface area contributed by atoms with Crippen LogP contribution in [0.25, 0.3) is 5.52 Å². The van der Waals surface area contributed by atoms with Gasteiger partial charge in [-0.3, -0.25) is 4.79 Å². The third-order valence-corrected chi connectivity index (χ3v) is 3.51. The van der Waals surface area contributed by atoms with Gasteiger partial charge in [-0.15, -0.1) is 0 Å². The number of rotatable bonds is 5. The number of hydrogen-bond acceptors (Lipinski definition) is 3. The fourth-order valence-electron chi connectivity index (χ4n) is 2.08. The first-order valence-corrected chi connectivity index (χ1v) is 7.00. The number of pyridine rings is 1. The molecule has 3 rings (SSSR count). The zero-order chi connectivity index (χ0) is 14.7. The Labute approximate surface area is 126 Å². The van der Waals surface area contributed by atoms with Crippen molar-refractivity contribution < 1.29 is 4.79 Å². The number of fused-ring (bicyclic) bond motifs is 1. The van der Waals surface area contributed by atoms with E-state index in [0.29, 0.717) is 11.6 Å². The number of nitrogens with one attached hydrogen (secondary N) is 1. The van der Waals surface area contributed by atoms with Gasteiger partial charge in [0.15, 0.2) is 5.69 Å². The lowest BCUT2D eigenvalue weighted by molar-refractivity contribution is 0.0947. The van der Waals surface area contributed by atoms with Crippen LogP contribution in [0.15, 0.2) is 43.1 Å². The highest BCUT2D eigenvalue weighted by Gasteiger charge is 2.16. The first kappa shape index (κ1) is 13.6. The molecule has 0 bridgehead atoms. The molecule has 108 valence electrons. The molecule has 3 aromatic heterocycles. The van der Waals surface area contributed by atoms with Crippen LogP contribution in [-0.4, -0.2) is 31.6 Å². The summed E-state index contributed by atoms with van der Waals surface area (Å²) in [5.41, 5.74) is 0.980. The zero-order valence-corrected chi connectivity index (χ0v) is 12.0. The van der Waals surface area contributed by atoms with Crippen molar-refractivity contribution in [3.63, 3.8) is 0 Å². The van der Waals surface area contributed by atoms with E-state index in [4.69, 9.17) is 11.6 Å². The summed E-state index contributed by atoms with van der Waals surface area (Å²) in [5.74, 6) is -0.255. The fraction of sp³-hybridized carbons (Fsp3) is 0.214. The number of nitrogens with zero attached hydrogens (tertiary/aromatic N) is 4. The highest BCUT2D eigenvalue weighted by atomic mass is 35.5. The van der Waals surface area contributed by atoms with Gasteiger partial charge in [0.1, 0.15) is 0 Å². The van der Waals surface area contributed by atoms with Gasteiger partial charge in [0.05, 0.1) is 16.9 Å². The van der Waals surface area contributed by atoms with Gasteiger partial charge in [-0.05, 0) is 18.6 Å². The van der Waals surface area contributed by atoms with E-state index in [-0.39, 0.29) is 11.6 Å². The van der Waals surface area contributed by atoms with E-state index in [1.54, 1.807) is 23.2 Å². The summed E-state index contributed by atoms with van der Waals surface area (Å²) in [7, 11) is 0. The Morgan fingerprint density at radius 1 is 1.33 bits per heavy atom. The smallest absolute Gasteiger partial charge is 0.273 e. The van der Waals surface area contributed by atoms with Crippen LogP contribution in [0.2, 0.25) is 5.02 Å². The summed E-state index contributed by atoms with van der Waals surface area (Å²) in [6.07, 6.45) is 7.95. The fourth-order valence-corrected chi connectivity index (χ4v) is 2.35. The molecule has 0 spiro atoms. The molecule has 0 aliphatic carbocycles. The Balaban J connectivity index is 1.60. The normalized spacial score (nSPS) is 10.9. The highest BCUT2D eigenvalue weighted by molar-refractivity contribution is 6.36. The number of aryl methyl sites for hydroxylation is 1. The van der Waals surface area contributed by atoms with Gasteiger partial charge in [0.2, 0.25) is 0 Å². The van der Waals surface area contributed by atoms with Gasteiger partial charge in [-0.25, -0.2) is 9.50 Å². The minimum Gasteiger partial charge on any atom is -0.351 e. The summed E-state index contributed by atoms with van der Waals surface area (Å²) in [5, 5.41) is 7.41. The molecule has 0 aliphatic rings. The lowest BCUT2D eigenvalue weighted by Crippen LogP contribution is -2.25. The van der Waals surface area contributed by atoms with Crippen molar-refractivity contribution >= 4 is 23.0 Å². The molecule has 21 heavy (non-hydrogen) atoms. The van der Waals surface area contributed by atoms with E-state index in [0.717, 1.165) is 18.5 Å². The van der Waals surface area contributed by atoms with Gasteiger partial charge in [0.25, 0.3) is 5.91 Å². The van der Waals surface area contributed by atoms with Crippen LogP contribution in [0.3, 0.4) is 0 Å². The molecule has 0 aromatic carbocycles. The van der Waals surface area contributed by atoms with Gasteiger partial charge in [-0.1, -0.05) is 17.7 Å². The first-order valence-electron chi connectivity index (χ1n) is 6.62. The van der Waals surface area contributed by atoms with Crippen LogP contribution in [0.1, 0.15) is 16.9 Å². The van der Waals surface area contributed by atoms with E-state index in [2.05, 4.69) is 15.4 Å². The standard InChI is InChI=1S/C14H14ClN5O/c15-12-11-4-1-2-8-20(11)18-13(12)14(21)17-5-3-7-19-9-6-16-10-19/h1-2,4,6,8-10H,3,5,7H2,(H,17,21). The number of hydrogen-bond donors (Lipinski definition) is 1. The number of amides is 1. The summed E-state index contributed by atoms with van der Waals surface area (Å²) in [6.45, 7) is 1.36. The maximum atomic E-state index is 12.1. The van der Waals surface area contributed by atoms with Crippen LogP contribution in [-0.2, 0) is 6.54 Å². The first-order chi connectivity index (χ1) is 10.3. The molecule has 7 heteroatoms. The van der Waals surface area contributed by atoms with E-state index < -0.39 is 0 Å². The van der Waals surface area contributed by atoms with Crippen LogP contribution in [0.5, 0.6) is 0 Å². The number of halogens is 1. The molecular weight excluding hydrogens is 290 g/mol. The van der Waals surface area contributed by atoms with Crippen molar-refractivity contribution in [2.24, 2.45) is 0 Å². The van der Waals surface area contributed by atoms with Gasteiger partial charge in [-0.2, -0.15) is 5.10 Å². The minimum absolute atomic E-state index is 0.255. The van der Waals surface area contributed by atoms with Crippen molar-refractivity contribution in [2.45, 2.75) is 13.0 Å². The predicted molar refractivity (Wildman–Crippen MR) is 79.4 cm³/mol. The van der Waals surface area contributed by atoms with Crippen molar-refractivity contribution in [3.8, 4) is 0 Å². The second kappa shape index (κ2) is 5.97. The average molecular weight is 304 g/mol. The van der Waals surface area contributed by atoms with Crippen LogP contribution in [0, 0.1) is 0 Å². The third kappa shape index (κ3) is 2.90. The maximum Gasteiger partial charge on any atom is 0.273 e. The molecule has 3 heterocycles. The molecule has 0 saturated heterocycles. The van der Waals surface area contributed by atoms with E-state index in [1.165, 1.54) is 0 Å². The van der Waals surface area contributed by atoms with E-state index in [1.807, 2.05) is 29.0 Å². The van der Waals surface area contributed by atoms with Crippen molar-refractivity contribution in [3.05, 3.63) is 53.8 Å². The molecule has 0 fully saturated rings. The van der Waals surface area contributed by atoms with Crippen LogP contribution < -0.4 is 5.32 Å². The molecule has 0 unspecified atom stereocenters. The Morgan fingerprint density at radius 2 is 2.24 bits per heavy atom. The summed E-state index contributed by atoms with van der Waals surface area (Å²) >= 11 is 6.19. The molecule has 6 nitrogen and oxygen atoms in total. The van der Waals surface area contributed by atoms with Crippen LogP contribution >= 0.6 is 11.6 Å². The third-order valence-electron chi connectivity index (χ3n) is 3.13. The number of carbonyl (C=O) groups excluding carboxylic acids is 1. The van der Waals surface area contributed by atoms with E-state index in [9.17, 15) is 4.79 Å². The lowest BCUT2D eigenvalue weighted by Gasteiger charge is -2.04. The van der Waals surface area contributed by atoms with Gasteiger partial charge >= 0.3 is 0 Å². The van der Waals surface area contributed by atoms with Crippen LogP contribution in [0.4, 0.5) is 0 Å². The molecular formula is C14H14ClN5O. The molecule has 0 atom stereocenters. The van der Waals surface area contributed by atoms with E-state index >= 15 is 0 Å². The monoisotopic (exact) mass is 303 g/mol. The molecule has 0 saturated carbocycles. The topological polar surface area (TPSA) is 64.2 Å². The molecule has 3 aromatic rings. The predicted octanol–water partition coefficient (Wildman–Crippen LogP) is 2.00. The molecule has 0 radical (unpaired) electrons. The highest BCUT2D eigenvalue weighted by Crippen LogP contribution is 2.21. The Hall–Kier alpha value is -2.34. The minimum atomic E-state index is -0.255. The van der Waals surface area contributed by atoms with Gasteiger partial charge in [0, 0.05) is 31.7 Å². The zero-order valence-electron chi connectivity index (χ0n) is 11.2. The van der Waals surface area contributed by atoms with Crippen molar-refractivity contribution in [2.75, 3.05) is 6.54 Å². The lowest BCUT2D eigenvalue weighted by atomic mass is 10.3. The Morgan fingerprint density at radius 3 is 3.00 bits per heavy atom. The van der Waals surface area contributed by atoms with Crippen molar-refractivity contribution in [1.82, 2.24) is 24.5 Å². The second-order valence-electron chi connectivity index (χ2n) is 4.60. The average Bonchev–Trinajstić information content (AvgIpc) is 3.12. The Kier molecular flexibility index (Phi) is 3.87. The SMILES string of the molecule is O=C(NCCCn1ccnc1)c1nn2ccccc2c1Cl. The van der Waals surface area contributed by atoms with Crippen molar-refractivity contribution in [1.29, 1.82) is 0 Å². The summed E-state index contributed by atoms with van der Waals surface area (Å²) in [6, 6.07) is 5.52. The quantitative estimate of drug-likeness (QED) is 0.733. The maximum absolute atomic E-state index is 12.1. The number of imidazole rings is 1. The second-order valence-corrected chi connectivity index (χ2v) is 4.98. The summed E-state index contributed by atoms with van der Waals surface area (Å²) < 4.78 is 3.56. The molecule has 1 N–H and O–H groups in total. The number of carbonyl (C=O) groups is 1. The number of aromatic nitrogens is 4. The summed E-state index contributed by atoms with van der Waals surface area (Å²) in [4.78, 5) is 16.1. The largest absolute Gasteiger partial charge is 0.351 e. The van der Waals surface area contributed by atoms with Gasteiger partial charge < -0.3 is 9.88 Å². The Bertz CT molecular complexity index is 750.